The van der Waals surface area contributed by atoms with E-state index in [1.807, 2.05) is 5.92 Å². The first-order chi connectivity index (χ1) is 9.66. The Morgan fingerprint density at radius 2 is 2.33 bits per heavy atom. The summed E-state index contributed by atoms with van der Waals surface area (Å²) in [6.07, 6.45) is 1.67. The first-order valence-electron chi connectivity index (χ1n) is 6.22. The van der Waals surface area contributed by atoms with Gasteiger partial charge in [-0.1, -0.05) is 5.92 Å². The van der Waals surface area contributed by atoms with Crippen molar-refractivity contribution in [1.82, 2.24) is 9.55 Å². The molecule has 0 amide bonds. The van der Waals surface area contributed by atoms with Crippen LogP contribution in [0.25, 0.3) is 0 Å². The number of anilines is 1. The Bertz CT molecular complexity index is 656. The summed E-state index contributed by atoms with van der Waals surface area (Å²) in [6.45, 7) is 2.64. The second-order valence-corrected chi connectivity index (χ2v) is 5.19. The van der Waals surface area contributed by atoms with Crippen molar-refractivity contribution in [2.75, 3.05) is 5.73 Å². The molecule has 1 aliphatic heterocycles. The first kappa shape index (κ1) is 15.4. The second-order valence-electron chi connectivity index (χ2n) is 5.19. The van der Waals surface area contributed by atoms with Gasteiger partial charge in [0.15, 0.2) is 6.23 Å². The predicted octanol–water partition coefficient (Wildman–Crippen LogP) is -0.804. The largest absolute Gasteiger partial charge is 0.390 e. The van der Waals surface area contributed by atoms with Gasteiger partial charge in [0.1, 0.15) is 17.5 Å². The van der Waals surface area contributed by atoms with E-state index in [1.165, 1.54) is 26.1 Å². The lowest BCUT2D eigenvalue weighted by Crippen LogP contribution is -2.51. The van der Waals surface area contributed by atoms with E-state index in [0.717, 1.165) is 4.57 Å². The summed E-state index contributed by atoms with van der Waals surface area (Å²) in [7, 11) is 0. The van der Waals surface area contributed by atoms with Crippen molar-refractivity contribution in [2.24, 2.45) is 0 Å². The predicted molar refractivity (Wildman–Crippen MR) is 71.8 cm³/mol. The van der Waals surface area contributed by atoms with E-state index >= 15 is 0 Å². The number of halogens is 1. The Kier molecular flexibility index (Phi) is 3.53. The van der Waals surface area contributed by atoms with Crippen LogP contribution < -0.4 is 11.4 Å². The molecule has 1 aromatic heterocycles. The Balaban J connectivity index is 2.58. The molecule has 0 bridgehead atoms. The molecule has 2 rings (SSSR count). The lowest BCUT2D eigenvalue weighted by Gasteiger charge is -2.30. The molecule has 1 aromatic rings. The molecule has 1 fully saturated rings. The number of hydrogen-bond acceptors (Lipinski definition) is 6. The van der Waals surface area contributed by atoms with Crippen molar-refractivity contribution in [3.05, 3.63) is 22.7 Å². The summed E-state index contributed by atoms with van der Waals surface area (Å²) >= 11 is 0. The van der Waals surface area contributed by atoms with Crippen LogP contribution in [0.5, 0.6) is 0 Å². The van der Waals surface area contributed by atoms with Gasteiger partial charge in [-0.3, -0.25) is 4.57 Å². The number of nitrogens with two attached hydrogens (primary N) is 1. The summed E-state index contributed by atoms with van der Waals surface area (Å²) in [4.78, 5) is 15.3. The van der Waals surface area contributed by atoms with Crippen LogP contribution in [0.15, 0.2) is 17.1 Å². The third kappa shape index (κ3) is 2.10. The van der Waals surface area contributed by atoms with E-state index in [9.17, 15) is 19.4 Å². The zero-order valence-corrected chi connectivity index (χ0v) is 11.5. The molecular weight excluding hydrogens is 281 g/mol. The van der Waals surface area contributed by atoms with E-state index in [1.54, 1.807) is 0 Å². The molecule has 0 radical (unpaired) electrons. The number of hydrogen-bond donors (Lipinski definition) is 3. The highest BCUT2D eigenvalue weighted by Gasteiger charge is 2.65. The van der Waals surface area contributed by atoms with Gasteiger partial charge in [0.05, 0.1) is 6.10 Å². The van der Waals surface area contributed by atoms with Gasteiger partial charge in [-0.05, 0) is 19.9 Å². The standard InChI is InChI=1S/C13H16FN3O4/c1-4-13(14)9(19)12(3,7(2)18)21-10(13)17-6-5-8(15)16-11(17)20/h1,5-7,9-10,18-19H,2-3H3,(H2,15,16,20)/t7-,9-,10+,12?,13?/m0/s1. The number of aliphatic hydroxyl groups is 2. The van der Waals surface area contributed by atoms with Crippen LogP contribution in [0.3, 0.4) is 0 Å². The minimum Gasteiger partial charge on any atom is -0.390 e. The minimum absolute atomic E-state index is 0.0433. The molecule has 1 saturated heterocycles. The molecule has 114 valence electrons. The van der Waals surface area contributed by atoms with Crippen molar-refractivity contribution in [3.63, 3.8) is 0 Å². The van der Waals surface area contributed by atoms with Crippen molar-refractivity contribution in [2.45, 2.75) is 43.6 Å². The lowest BCUT2D eigenvalue weighted by molar-refractivity contribution is -0.148. The van der Waals surface area contributed by atoms with Gasteiger partial charge in [0, 0.05) is 6.20 Å². The van der Waals surface area contributed by atoms with Crippen LogP contribution in [0.1, 0.15) is 20.1 Å². The smallest absolute Gasteiger partial charge is 0.351 e. The first-order valence-corrected chi connectivity index (χ1v) is 6.22. The molecule has 4 N–H and O–H groups in total. The minimum atomic E-state index is -2.70. The van der Waals surface area contributed by atoms with Crippen LogP contribution in [0.4, 0.5) is 10.2 Å². The van der Waals surface area contributed by atoms with Crippen molar-refractivity contribution >= 4 is 5.82 Å². The van der Waals surface area contributed by atoms with Gasteiger partial charge in [-0.15, -0.1) is 6.42 Å². The summed E-state index contributed by atoms with van der Waals surface area (Å²) in [5.74, 6) is 1.78. The van der Waals surface area contributed by atoms with Crippen LogP contribution in [0.2, 0.25) is 0 Å². The summed E-state index contributed by atoms with van der Waals surface area (Å²) in [5, 5.41) is 19.9. The summed E-state index contributed by atoms with van der Waals surface area (Å²) in [5.41, 5.74) is 0.116. The van der Waals surface area contributed by atoms with E-state index in [4.69, 9.17) is 16.9 Å². The lowest BCUT2D eigenvalue weighted by atomic mass is 9.86. The van der Waals surface area contributed by atoms with Gasteiger partial charge < -0.3 is 20.7 Å². The highest BCUT2D eigenvalue weighted by atomic mass is 19.1. The van der Waals surface area contributed by atoms with E-state index in [2.05, 4.69) is 4.98 Å². The molecule has 0 saturated carbocycles. The topological polar surface area (TPSA) is 111 Å². The molecule has 2 heterocycles. The second kappa shape index (κ2) is 4.80. The Morgan fingerprint density at radius 3 is 2.81 bits per heavy atom. The highest BCUT2D eigenvalue weighted by Crippen LogP contribution is 2.47. The van der Waals surface area contributed by atoms with Gasteiger partial charge in [-0.25, -0.2) is 9.18 Å². The number of aromatic nitrogens is 2. The number of ether oxygens (including phenoxy) is 1. The Morgan fingerprint density at radius 1 is 1.71 bits per heavy atom. The molecule has 0 aliphatic carbocycles. The Labute approximate surface area is 120 Å². The fourth-order valence-electron chi connectivity index (χ4n) is 2.28. The van der Waals surface area contributed by atoms with Gasteiger partial charge in [-0.2, -0.15) is 4.98 Å². The zero-order chi connectivity index (χ0) is 16.0. The van der Waals surface area contributed by atoms with Crippen LogP contribution in [-0.2, 0) is 4.74 Å². The van der Waals surface area contributed by atoms with Crippen LogP contribution >= 0.6 is 0 Å². The fourth-order valence-corrected chi connectivity index (χ4v) is 2.28. The maximum atomic E-state index is 15.0. The molecular formula is C13H16FN3O4. The van der Waals surface area contributed by atoms with Crippen LogP contribution in [0, 0.1) is 12.3 Å². The van der Waals surface area contributed by atoms with Crippen molar-refractivity contribution in [1.29, 1.82) is 0 Å². The normalized spacial score (nSPS) is 37.1. The SMILES string of the molecule is C#CC1(F)[C@@H](O)C(C)([C@H](C)O)O[C@H]1n1ccc(N)nc1=O. The fraction of sp³-hybridized carbons (Fsp3) is 0.538. The molecule has 8 heteroatoms. The monoisotopic (exact) mass is 297 g/mol. The zero-order valence-electron chi connectivity index (χ0n) is 11.5. The maximum Gasteiger partial charge on any atom is 0.351 e. The third-order valence-corrected chi connectivity index (χ3v) is 3.82. The number of aliphatic hydroxyl groups excluding tert-OH is 2. The van der Waals surface area contributed by atoms with E-state index in [-0.39, 0.29) is 5.82 Å². The maximum absolute atomic E-state index is 15.0. The number of alkyl halides is 1. The Hall–Kier alpha value is -1.95. The van der Waals surface area contributed by atoms with E-state index < -0.39 is 35.4 Å². The highest BCUT2D eigenvalue weighted by molar-refractivity contribution is 5.26. The van der Waals surface area contributed by atoms with E-state index in [0.29, 0.717) is 0 Å². The number of terminal acetylenes is 1. The molecule has 0 aromatic carbocycles. The quantitative estimate of drug-likeness (QED) is 0.616. The molecule has 1 aliphatic rings. The molecule has 21 heavy (non-hydrogen) atoms. The van der Waals surface area contributed by atoms with Crippen molar-refractivity contribution in [3.8, 4) is 12.3 Å². The molecule has 2 unspecified atom stereocenters. The van der Waals surface area contributed by atoms with Crippen molar-refractivity contribution < 1.29 is 19.3 Å². The molecule has 7 nitrogen and oxygen atoms in total. The van der Waals surface area contributed by atoms with Gasteiger partial charge in [0.25, 0.3) is 0 Å². The number of nitrogen functional groups attached to an aromatic ring is 1. The summed E-state index contributed by atoms with van der Waals surface area (Å²) in [6, 6.07) is 1.27. The average Bonchev–Trinajstić information content (AvgIpc) is 2.62. The number of rotatable bonds is 2. The van der Waals surface area contributed by atoms with Crippen LogP contribution in [-0.4, -0.2) is 43.2 Å². The molecule has 0 spiro atoms. The number of nitrogens with zero attached hydrogens (tertiary/aromatic N) is 2. The third-order valence-electron chi connectivity index (χ3n) is 3.82. The van der Waals surface area contributed by atoms with Gasteiger partial charge >= 0.3 is 5.69 Å². The molecule has 5 atom stereocenters. The van der Waals surface area contributed by atoms with Gasteiger partial charge in [0.2, 0.25) is 5.67 Å². The summed E-state index contributed by atoms with van der Waals surface area (Å²) < 4.78 is 21.2. The average molecular weight is 297 g/mol.